The van der Waals surface area contributed by atoms with E-state index in [-0.39, 0.29) is 43.0 Å². The Morgan fingerprint density at radius 3 is 2.54 bits per heavy atom. The highest BCUT2D eigenvalue weighted by Gasteiger charge is 2.20. The van der Waals surface area contributed by atoms with Gasteiger partial charge in [-0.3, -0.25) is 4.79 Å². The molecular formula is C22H19F2NO3. The van der Waals surface area contributed by atoms with Crippen molar-refractivity contribution in [3.8, 4) is 5.75 Å². The van der Waals surface area contributed by atoms with Gasteiger partial charge >= 0.3 is 0 Å². The van der Waals surface area contributed by atoms with Crippen LogP contribution in [0.25, 0.3) is 0 Å². The van der Waals surface area contributed by atoms with E-state index < -0.39 is 0 Å². The molecule has 28 heavy (non-hydrogen) atoms. The number of amides is 1. The Labute approximate surface area is 161 Å². The van der Waals surface area contributed by atoms with Gasteiger partial charge in [0, 0.05) is 18.7 Å². The second kappa shape index (κ2) is 8.99. The maximum absolute atomic E-state index is 13.9. The summed E-state index contributed by atoms with van der Waals surface area (Å²) in [6, 6.07) is 15.1. The first-order valence-corrected chi connectivity index (χ1v) is 8.67. The van der Waals surface area contributed by atoms with Gasteiger partial charge in [0.15, 0.2) is 5.76 Å². The third-order valence-electron chi connectivity index (χ3n) is 4.02. The number of hydrogen-bond acceptors (Lipinski definition) is 3. The lowest BCUT2D eigenvalue weighted by atomic mass is 10.2. The Morgan fingerprint density at radius 1 is 1.07 bits per heavy atom. The number of hydrogen-bond donors (Lipinski definition) is 0. The van der Waals surface area contributed by atoms with Crippen molar-refractivity contribution in [2.24, 2.45) is 0 Å². The zero-order chi connectivity index (χ0) is 19.9. The molecule has 2 aromatic carbocycles. The number of ether oxygens (including phenoxy) is 1. The highest BCUT2D eigenvalue weighted by atomic mass is 19.1. The molecule has 0 spiro atoms. The van der Waals surface area contributed by atoms with Crippen molar-refractivity contribution in [2.45, 2.75) is 13.2 Å². The molecule has 0 saturated carbocycles. The molecule has 0 aliphatic rings. The summed E-state index contributed by atoms with van der Waals surface area (Å²) in [5.74, 6) is -0.0599. The first-order chi connectivity index (χ1) is 13.6. The van der Waals surface area contributed by atoms with Gasteiger partial charge in [0.1, 0.15) is 29.8 Å². The lowest BCUT2D eigenvalue weighted by molar-refractivity contribution is 0.0725. The van der Waals surface area contributed by atoms with Crippen molar-refractivity contribution in [3.63, 3.8) is 0 Å². The van der Waals surface area contributed by atoms with Gasteiger partial charge in [0.2, 0.25) is 0 Å². The monoisotopic (exact) mass is 383 g/mol. The standard InChI is InChI=1S/C22H19F2NO3/c1-2-13-25(14-16-5-3-4-6-20(16)24)22(26)21-12-11-19(28-21)15-27-18-9-7-17(23)8-10-18/h2-12H,1,13-15H2. The minimum atomic E-state index is -0.379. The molecule has 0 aliphatic carbocycles. The van der Waals surface area contributed by atoms with E-state index in [0.717, 1.165) is 0 Å². The molecule has 0 N–H and O–H groups in total. The zero-order valence-corrected chi connectivity index (χ0v) is 15.1. The number of nitrogens with zero attached hydrogens (tertiary/aromatic N) is 1. The second-order valence-electron chi connectivity index (χ2n) is 6.07. The summed E-state index contributed by atoms with van der Waals surface area (Å²) >= 11 is 0. The number of benzene rings is 2. The van der Waals surface area contributed by atoms with Gasteiger partial charge in [-0.2, -0.15) is 0 Å². The molecule has 144 valence electrons. The van der Waals surface area contributed by atoms with Crippen LogP contribution in [0.15, 0.2) is 77.7 Å². The van der Waals surface area contributed by atoms with Crippen molar-refractivity contribution < 1.29 is 22.7 Å². The van der Waals surface area contributed by atoms with Crippen LogP contribution in [0.4, 0.5) is 8.78 Å². The molecule has 0 fully saturated rings. The Balaban J connectivity index is 1.67. The van der Waals surface area contributed by atoms with E-state index >= 15 is 0 Å². The van der Waals surface area contributed by atoms with Gasteiger partial charge in [0.25, 0.3) is 5.91 Å². The zero-order valence-electron chi connectivity index (χ0n) is 15.1. The van der Waals surface area contributed by atoms with Gasteiger partial charge in [-0.25, -0.2) is 8.78 Å². The van der Waals surface area contributed by atoms with Crippen LogP contribution in [0, 0.1) is 11.6 Å². The third-order valence-corrected chi connectivity index (χ3v) is 4.02. The summed E-state index contributed by atoms with van der Waals surface area (Å²) in [6.07, 6.45) is 1.57. The number of carbonyl (C=O) groups is 1. The minimum Gasteiger partial charge on any atom is -0.486 e. The normalized spacial score (nSPS) is 10.5. The Bertz CT molecular complexity index is 950. The van der Waals surface area contributed by atoms with Crippen LogP contribution in [0.5, 0.6) is 5.75 Å². The van der Waals surface area contributed by atoms with E-state index in [1.165, 1.54) is 35.2 Å². The first kappa shape index (κ1) is 19.4. The molecule has 1 aromatic heterocycles. The van der Waals surface area contributed by atoms with Crippen molar-refractivity contribution in [2.75, 3.05) is 6.54 Å². The maximum Gasteiger partial charge on any atom is 0.290 e. The Hall–Kier alpha value is -3.41. The molecule has 4 nitrogen and oxygen atoms in total. The van der Waals surface area contributed by atoms with Crippen LogP contribution < -0.4 is 4.74 Å². The van der Waals surface area contributed by atoms with Gasteiger partial charge in [-0.15, -0.1) is 6.58 Å². The summed E-state index contributed by atoms with van der Waals surface area (Å²) in [4.78, 5) is 14.2. The Kier molecular flexibility index (Phi) is 6.22. The van der Waals surface area contributed by atoms with E-state index in [1.54, 1.807) is 36.4 Å². The average Bonchev–Trinajstić information content (AvgIpc) is 3.17. The molecule has 0 atom stereocenters. The quantitative estimate of drug-likeness (QED) is 0.516. The molecule has 0 radical (unpaired) electrons. The predicted molar refractivity (Wildman–Crippen MR) is 101 cm³/mol. The summed E-state index contributed by atoms with van der Waals surface area (Å²) in [5, 5.41) is 0. The maximum atomic E-state index is 13.9. The van der Waals surface area contributed by atoms with Crippen molar-refractivity contribution in [1.29, 1.82) is 0 Å². The summed E-state index contributed by atoms with van der Waals surface area (Å²) in [7, 11) is 0. The van der Waals surface area contributed by atoms with E-state index in [0.29, 0.717) is 17.1 Å². The summed E-state index contributed by atoms with van der Waals surface area (Å²) in [5.41, 5.74) is 0.407. The van der Waals surface area contributed by atoms with Gasteiger partial charge < -0.3 is 14.1 Å². The Morgan fingerprint density at radius 2 is 1.82 bits per heavy atom. The van der Waals surface area contributed by atoms with Crippen LogP contribution in [-0.2, 0) is 13.2 Å². The van der Waals surface area contributed by atoms with Crippen LogP contribution in [0.3, 0.4) is 0 Å². The fraction of sp³-hybridized carbons (Fsp3) is 0.136. The largest absolute Gasteiger partial charge is 0.486 e. The van der Waals surface area contributed by atoms with Crippen LogP contribution in [0.2, 0.25) is 0 Å². The molecule has 0 bridgehead atoms. The molecule has 6 heteroatoms. The topological polar surface area (TPSA) is 42.7 Å². The lowest BCUT2D eigenvalue weighted by Crippen LogP contribution is -2.30. The molecule has 1 heterocycles. The molecule has 0 aliphatic heterocycles. The number of halogens is 2. The molecule has 0 unspecified atom stereocenters. The van der Waals surface area contributed by atoms with E-state index in [9.17, 15) is 13.6 Å². The third kappa shape index (κ3) is 4.85. The van der Waals surface area contributed by atoms with Crippen molar-refractivity contribution >= 4 is 5.91 Å². The van der Waals surface area contributed by atoms with Crippen molar-refractivity contribution in [1.82, 2.24) is 4.90 Å². The lowest BCUT2D eigenvalue weighted by Gasteiger charge is -2.20. The minimum absolute atomic E-state index is 0.0910. The predicted octanol–water partition coefficient (Wildman–Crippen LogP) is 4.97. The van der Waals surface area contributed by atoms with E-state index in [4.69, 9.17) is 9.15 Å². The SMILES string of the molecule is C=CCN(Cc1ccccc1F)C(=O)c1ccc(COc2ccc(F)cc2)o1. The number of rotatable bonds is 8. The molecule has 3 rings (SSSR count). The van der Waals surface area contributed by atoms with Crippen LogP contribution >= 0.6 is 0 Å². The van der Waals surface area contributed by atoms with Gasteiger partial charge in [-0.05, 0) is 42.5 Å². The molecule has 3 aromatic rings. The number of furan rings is 1. The van der Waals surface area contributed by atoms with Crippen LogP contribution in [0.1, 0.15) is 21.9 Å². The first-order valence-electron chi connectivity index (χ1n) is 8.67. The van der Waals surface area contributed by atoms with E-state index in [1.807, 2.05) is 0 Å². The summed E-state index contributed by atoms with van der Waals surface area (Å²) < 4.78 is 37.9. The van der Waals surface area contributed by atoms with Gasteiger partial charge in [-0.1, -0.05) is 24.3 Å². The molecule has 0 saturated heterocycles. The fourth-order valence-corrected chi connectivity index (χ4v) is 2.62. The van der Waals surface area contributed by atoms with Gasteiger partial charge in [0.05, 0.1) is 0 Å². The smallest absolute Gasteiger partial charge is 0.290 e. The van der Waals surface area contributed by atoms with Crippen molar-refractivity contribution in [3.05, 3.63) is 102 Å². The molecule has 1 amide bonds. The van der Waals surface area contributed by atoms with Crippen LogP contribution in [-0.4, -0.2) is 17.4 Å². The second-order valence-corrected chi connectivity index (χ2v) is 6.07. The fourth-order valence-electron chi connectivity index (χ4n) is 2.62. The highest BCUT2D eigenvalue weighted by Crippen LogP contribution is 2.18. The average molecular weight is 383 g/mol. The van der Waals surface area contributed by atoms with E-state index in [2.05, 4.69) is 6.58 Å². The number of carbonyl (C=O) groups excluding carboxylic acids is 1. The highest BCUT2D eigenvalue weighted by molar-refractivity contribution is 5.91. The summed E-state index contributed by atoms with van der Waals surface area (Å²) in [6.45, 7) is 4.08. The molecular weight excluding hydrogens is 364 g/mol.